The fraction of sp³-hybridized carbons (Fsp3) is 0.250. The summed E-state index contributed by atoms with van der Waals surface area (Å²) < 4.78 is 48.1. The minimum atomic E-state index is -4.42. The van der Waals surface area contributed by atoms with Crippen molar-refractivity contribution in [2.24, 2.45) is 0 Å². The second kappa shape index (κ2) is 9.53. The Labute approximate surface area is 155 Å². The molecule has 0 saturated heterocycles. The molecule has 0 aliphatic rings. The highest BCUT2D eigenvalue weighted by atomic mass is 19.4. The lowest BCUT2D eigenvalue weighted by Gasteiger charge is -2.08. The van der Waals surface area contributed by atoms with Gasteiger partial charge in [0.2, 0.25) is 5.91 Å². The molecule has 0 atom stereocenters. The maximum atomic E-state index is 12.6. The largest absolute Gasteiger partial charge is 0.497 e. The molecule has 0 radical (unpaired) electrons. The van der Waals surface area contributed by atoms with E-state index in [-0.39, 0.29) is 31.2 Å². The maximum absolute atomic E-state index is 12.6. The normalized spacial score (nSPS) is 10.5. The van der Waals surface area contributed by atoms with E-state index in [0.717, 1.165) is 17.7 Å². The summed E-state index contributed by atoms with van der Waals surface area (Å²) in [5.41, 5.74) is 0.0328. The second-order valence-electron chi connectivity index (χ2n) is 5.47. The van der Waals surface area contributed by atoms with Crippen molar-refractivity contribution in [2.45, 2.75) is 12.6 Å². The van der Waals surface area contributed by atoms with Crippen LogP contribution in [0.25, 0.3) is 0 Å². The summed E-state index contributed by atoms with van der Waals surface area (Å²) in [6.45, 7) is 0.0435. The molecule has 0 aromatic heterocycles. The molecule has 142 valence electrons. The Morgan fingerprint density at radius 3 is 2.56 bits per heavy atom. The predicted molar refractivity (Wildman–Crippen MR) is 94.4 cm³/mol. The highest BCUT2D eigenvalue weighted by molar-refractivity contribution is 5.78. The van der Waals surface area contributed by atoms with Crippen LogP contribution in [0.1, 0.15) is 11.1 Å². The van der Waals surface area contributed by atoms with Crippen molar-refractivity contribution in [3.8, 4) is 23.3 Å². The van der Waals surface area contributed by atoms with Crippen LogP contribution in [-0.2, 0) is 17.4 Å². The Bertz CT molecular complexity index is 838. The molecule has 2 rings (SSSR count). The minimum absolute atomic E-state index is 0.0763. The van der Waals surface area contributed by atoms with Gasteiger partial charge in [0.15, 0.2) is 0 Å². The summed E-state index contributed by atoms with van der Waals surface area (Å²) in [5.74, 6) is 5.89. The van der Waals surface area contributed by atoms with E-state index in [1.165, 1.54) is 12.1 Å². The first-order chi connectivity index (χ1) is 12.9. The van der Waals surface area contributed by atoms with Gasteiger partial charge >= 0.3 is 6.18 Å². The number of nitrogens with one attached hydrogen (secondary N) is 1. The van der Waals surface area contributed by atoms with E-state index in [1.807, 2.05) is 6.07 Å². The number of methoxy groups -OCH3 is 1. The fourth-order valence-corrected chi connectivity index (χ4v) is 2.17. The van der Waals surface area contributed by atoms with Crippen molar-refractivity contribution in [2.75, 3.05) is 20.3 Å². The molecule has 0 unspecified atom stereocenters. The molecular formula is C20H18F3NO3. The van der Waals surface area contributed by atoms with Crippen molar-refractivity contribution < 1.29 is 27.4 Å². The van der Waals surface area contributed by atoms with Gasteiger partial charge in [-0.3, -0.25) is 4.79 Å². The molecule has 0 fully saturated rings. The number of halogens is 3. The first kappa shape index (κ1) is 20.2. The van der Waals surface area contributed by atoms with Crippen molar-refractivity contribution in [1.82, 2.24) is 5.32 Å². The molecule has 0 saturated carbocycles. The zero-order valence-corrected chi connectivity index (χ0v) is 14.6. The van der Waals surface area contributed by atoms with E-state index < -0.39 is 11.7 Å². The van der Waals surface area contributed by atoms with Crippen LogP contribution in [-0.4, -0.2) is 26.2 Å². The molecule has 27 heavy (non-hydrogen) atoms. The third-order valence-electron chi connectivity index (χ3n) is 3.47. The SMILES string of the molecule is COc1cccc(CC(=O)NCC#CCOc2cccc(C(F)(F)F)c2)c1. The minimum Gasteiger partial charge on any atom is -0.497 e. The van der Waals surface area contributed by atoms with Crippen LogP contribution in [0.15, 0.2) is 48.5 Å². The van der Waals surface area contributed by atoms with Gasteiger partial charge in [0.25, 0.3) is 0 Å². The molecule has 0 heterocycles. The maximum Gasteiger partial charge on any atom is 0.416 e. The van der Waals surface area contributed by atoms with E-state index in [0.29, 0.717) is 5.75 Å². The fourth-order valence-electron chi connectivity index (χ4n) is 2.17. The Balaban J connectivity index is 1.74. The molecule has 0 aliphatic carbocycles. The third kappa shape index (κ3) is 6.94. The number of hydrogen-bond acceptors (Lipinski definition) is 3. The van der Waals surface area contributed by atoms with Crippen LogP contribution in [0, 0.1) is 11.8 Å². The average molecular weight is 377 g/mol. The smallest absolute Gasteiger partial charge is 0.416 e. The van der Waals surface area contributed by atoms with Crippen LogP contribution >= 0.6 is 0 Å². The number of ether oxygens (including phenoxy) is 2. The molecule has 1 amide bonds. The van der Waals surface area contributed by atoms with Crippen LogP contribution in [0.3, 0.4) is 0 Å². The van der Waals surface area contributed by atoms with Gasteiger partial charge in [-0.05, 0) is 35.9 Å². The number of hydrogen-bond donors (Lipinski definition) is 1. The van der Waals surface area contributed by atoms with E-state index >= 15 is 0 Å². The van der Waals surface area contributed by atoms with E-state index in [2.05, 4.69) is 17.2 Å². The third-order valence-corrected chi connectivity index (χ3v) is 3.47. The summed E-state index contributed by atoms with van der Waals surface area (Å²) in [7, 11) is 1.55. The van der Waals surface area contributed by atoms with Crippen LogP contribution in [0.5, 0.6) is 11.5 Å². The number of carbonyl (C=O) groups excluding carboxylic acids is 1. The highest BCUT2D eigenvalue weighted by Crippen LogP contribution is 2.31. The van der Waals surface area contributed by atoms with Crippen molar-refractivity contribution in [1.29, 1.82) is 0 Å². The Morgan fingerprint density at radius 2 is 1.81 bits per heavy atom. The number of amides is 1. The number of carbonyl (C=O) groups is 1. The van der Waals surface area contributed by atoms with Gasteiger partial charge in [0.05, 0.1) is 25.6 Å². The Hall–Kier alpha value is -3.14. The topological polar surface area (TPSA) is 47.6 Å². The average Bonchev–Trinajstić information content (AvgIpc) is 2.64. The molecule has 2 aromatic rings. The first-order valence-electron chi connectivity index (χ1n) is 8.04. The summed E-state index contributed by atoms with van der Waals surface area (Å²) in [6, 6.07) is 11.7. The number of benzene rings is 2. The molecule has 4 nitrogen and oxygen atoms in total. The quantitative estimate of drug-likeness (QED) is 0.785. The highest BCUT2D eigenvalue weighted by Gasteiger charge is 2.30. The van der Waals surface area contributed by atoms with E-state index in [1.54, 1.807) is 25.3 Å². The summed E-state index contributed by atoms with van der Waals surface area (Å²) in [5, 5.41) is 2.64. The summed E-state index contributed by atoms with van der Waals surface area (Å²) in [4.78, 5) is 11.8. The number of rotatable bonds is 6. The van der Waals surface area contributed by atoms with Gasteiger partial charge in [-0.1, -0.05) is 30.0 Å². The predicted octanol–water partition coefficient (Wildman–Crippen LogP) is 3.46. The molecular weight excluding hydrogens is 359 g/mol. The molecule has 0 spiro atoms. The molecule has 0 bridgehead atoms. The molecule has 2 aromatic carbocycles. The van der Waals surface area contributed by atoms with Crippen LogP contribution < -0.4 is 14.8 Å². The lowest BCUT2D eigenvalue weighted by molar-refractivity contribution is -0.137. The monoisotopic (exact) mass is 377 g/mol. The number of alkyl halides is 3. The second-order valence-corrected chi connectivity index (χ2v) is 5.47. The van der Waals surface area contributed by atoms with Gasteiger partial charge in [-0.25, -0.2) is 0 Å². The molecule has 1 N–H and O–H groups in total. The van der Waals surface area contributed by atoms with Crippen molar-refractivity contribution in [3.63, 3.8) is 0 Å². The Kier molecular flexibility index (Phi) is 7.12. The van der Waals surface area contributed by atoms with Gasteiger partial charge in [-0.2, -0.15) is 13.2 Å². The van der Waals surface area contributed by atoms with Gasteiger partial charge in [-0.15, -0.1) is 0 Å². The summed E-state index contributed by atoms with van der Waals surface area (Å²) >= 11 is 0. The lowest BCUT2D eigenvalue weighted by atomic mass is 10.1. The van der Waals surface area contributed by atoms with Crippen LogP contribution in [0.2, 0.25) is 0 Å². The molecule has 0 aliphatic heterocycles. The zero-order chi connectivity index (χ0) is 19.7. The van der Waals surface area contributed by atoms with Gasteiger partial charge < -0.3 is 14.8 Å². The standard InChI is InChI=1S/C20H18F3NO3/c1-26-17-8-4-6-15(12-17)13-19(25)24-10-2-3-11-27-18-9-5-7-16(14-18)20(21,22)23/h4-9,12,14H,10-11,13H2,1H3,(H,24,25). The van der Waals surface area contributed by atoms with Gasteiger partial charge in [0.1, 0.15) is 18.1 Å². The zero-order valence-electron chi connectivity index (χ0n) is 14.6. The lowest BCUT2D eigenvalue weighted by Crippen LogP contribution is -2.25. The Morgan fingerprint density at radius 1 is 1.07 bits per heavy atom. The van der Waals surface area contributed by atoms with Crippen LogP contribution in [0.4, 0.5) is 13.2 Å². The first-order valence-corrected chi connectivity index (χ1v) is 8.04. The molecule has 7 heteroatoms. The van der Waals surface area contributed by atoms with E-state index in [4.69, 9.17) is 9.47 Å². The summed E-state index contributed by atoms with van der Waals surface area (Å²) in [6.07, 6.45) is -4.22. The van der Waals surface area contributed by atoms with Crippen molar-refractivity contribution >= 4 is 5.91 Å². The van der Waals surface area contributed by atoms with E-state index in [9.17, 15) is 18.0 Å². The van der Waals surface area contributed by atoms with Crippen molar-refractivity contribution in [3.05, 3.63) is 59.7 Å². The van der Waals surface area contributed by atoms with Gasteiger partial charge in [0, 0.05) is 0 Å².